The normalized spacial score (nSPS) is 19.9. The van der Waals surface area contributed by atoms with E-state index in [1.807, 2.05) is 6.07 Å². The molecule has 0 saturated carbocycles. The van der Waals surface area contributed by atoms with Crippen LogP contribution < -0.4 is 9.64 Å². The molecule has 2 heterocycles. The van der Waals surface area contributed by atoms with Gasteiger partial charge >= 0.3 is 0 Å². The van der Waals surface area contributed by atoms with Gasteiger partial charge in [0.1, 0.15) is 5.75 Å². The number of likely N-dealkylation sites (tertiary alicyclic amines) is 1. The predicted octanol–water partition coefficient (Wildman–Crippen LogP) is 3.22. The van der Waals surface area contributed by atoms with Gasteiger partial charge in [0.2, 0.25) is 0 Å². The largest absolute Gasteiger partial charge is 0.495 e. The molecule has 0 spiro atoms. The molecule has 1 N–H and O–H groups in total. The standard InChI is InChI=1S/C27H35N3O2/c1-32-27-10-3-2-9-26(27)30-18-16-29(17-19-30)25-8-6-15-28(22-25)21-24-13-11-23(12-14-24)7-4-5-20-31/h2-3,9-14,25,31H,5-6,8,15-22H2,1H3. The lowest BCUT2D eigenvalue weighted by Crippen LogP contribution is -2.55. The summed E-state index contributed by atoms with van der Waals surface area (Å²) in [5.41, 5.74) is 3.58. The van der Waals surface area contributed by atoms with Crippen molar-refractivity contribution in [3.05, 3.63) is 59.7 Å². The Hall–Kier alpha value is -2.52. The zero-order valence-corrected chi connectivity index (χ0v) is 19.2. The maximum absolute atomic E-state index is 8.85. The summed E-state index contributed by atoms with van der Waals surface area (Å²) < 4.78 is 5.56. The number of aliphatic hydroxyl groups is 1. The SMILES string of the molecule is COc1ccccc1N1CCN(C2CCCN(Cc3ccc(C#CCCO)cc3)C2)CC1. The van der Waals surface area contributed by atoms with E-state index in [1.54, 1.807) is 7.11 Å². The first-order chi connectivity index (χ1) is 15.8. The van der Waals surface area contributed by atoms with Crippen LogP contribution >= 0.6 is 0 Å². The van der Waals surface area contributed by atoms with E-state index in [1.165, 1.54) is 30.6 Å². The number of hydrogen-bond acceptors (Lipinski definition) is 5. The Balaban J connectivity index is 1.29. The lowest BCUT2D eigenvalue weighted by molar-refractivity contribution is 0.0887. The van der Waals surface area contributed by atoms with Gasteiger partial charge in [-0.1, -0.05) is 36.1 Å². The van der Waals surface area contributed by atoms with E-state index in [4.69, 9.17) is 9.84 Å². The number of piperidine rings is 1. The second-order valence-electron chi connectivity index (χ2n) is 8.70. The van der Waals surface area contributed by atoms with Crippen LogP contribution in [0, 0.1) is 11.8 Å². The Kier molecular flexibility index (Phi) is 8.06. The molecule has 2 aromatic rings. The Morgan fingerprint density at radius 1 is 1.00 bits per heavy atom. The topological polar surface area (TPSA) is 39.2 Å². The minimum atomic E-state index is 0.122. The van der Waals surface area contributed by atoms with Crippen LogP contribution in [0.25, 0.3) is 0 Å². The third-order valence-corrected chi connectivity index (χ3v) is 6.57. The highest BCUT2D eigenvalue weighted by Gasteiger charge is 2.28. The Morgan fingerprint density at radius 2 is 1.78 bits per heavy atom. The lowest BCUT2D eigenvalue weighted by atomic mass is 10.0. The van der Waals surface area contributed by atoms with Crippen molar-refractivity contribution in [1.29, 1.82) is 0 Å². The highest BCUT2D eigenvalue weighted by molar-refractivity contribution is 5.58. The van der Waals surface area contributed by atoms with E-state index in [2.05, 4.69) is 69.0 Å². The maximum Gasteiger partial charge on any atom is 0.142 e. The van der Waals surface area contributed by atoms with Gasteiger partial charge in [-0.25, -0.2) is 0 Å². The molecule has 0 bridgehead atoms. The highest BCUT2D eigenvalue weighted by Crippen LogP contribution is 2.29. The van der Waals surface area contributed by atoms with Gasteiger partial charge in [-0.2, -0.15) is 0 Å². The fourth-order valence-corrected chi connectivity index (χ4v) is 4.86. The molecule has 32 heavy (non-hydrogen) atoms. The molecular weight excluding hydrogens is 398 g/mol. The molecule has 2 aliphatic heterocycles. The van der Waals surface area contributed by atoms with Gasteiger partial charge in [-0.3, -0.25) is 9.80 Å². The van der Waals surface area contributed by atoms with Gasteiger partial charge in [-0.15, -0.1) is 0 Å². The van der Waals surface area contributed by atoms with E-state index in [9.17, 15) is 0 Å². The average Bonchev–Trinajstić information content (AvgIpc) is 2.85. The lowest BCUT2D eigenvalue weighted by Gasteiger charge is -2.44. The molecule has 4 rings (SSSR count). The molecule has 1 atom stereocenters. The molecular formula is C27H35N3O2. The number of methoxy groups -OCH3 is 1. The van der Waals surface area contributed by atoms with Crippen molar-refractivity contribution in [3.8, 4) is 17.6 Å². The summed E-state index contributed by atoms with van der Waals surface area (Å²) in [4.78, 5) is 7.76. The van der Waals surface area contributed by atoms with Gasteiger partial charge < -0.3 is 14.7 Å². The summed E-state index contributed by atoms with van der Waals surface area (Å²) in [6.07, 6.45) is 3.09. The van der Waals surface area contributed by atoms with E-state index in [-0.39, 0.29) is 6.61 Å². The second kappa shape index (κ2) is 11.4. The number of piperazine rings is 1. The predicted molar refractivity (Wildman–Crippen MR) is 130 cm³/mol. The average molecular weight is 434 g/mol. The van der Waals surface area contributed by atoms with Gasteiger partial charge in [-0.05, 0) is 49.2 Å². The smallest absolute Gasteiger partial charge is 0.142 e. The minimum Gasteiger partial charge on any atom is -0.495 e. The molecule has 0 aliphatic carbocycles. The minimum absolute atomic E-state index is 0.122. The van der Waals surface area contributed by atoms with E-state index in [0.29, 0.717) is 12.5 Å². The molecule has 0 amide bonds. The first-order valence-corrected chi connectivity index (χ1v) is 11.8. The number of para-hydroxylation sites is 2. The van der Waals surface area contributed by atoms with Crippen LogP contribution in [0.2, 0.25) is 0 Å². The van der Waals surface area contributed by atoms with E-state index < -0.39 is 0 Å². The molecule has 2 aromatic carbocycles. The van der Waals surface area contributed by atoms with Crippen molar-refractivity contribution in [2.75, 3.05) is 57.9 Å². The zero-order chi connectivity index (χ0) is 22.2. The van der Waals surface area contributed by atoms with Crippen LogP contribution in [0.5, 0.6) is 5.75 Å². The molecule has 2 aliphatic rings. The summed E-state index contributed by atoms with van der Waals surface area (Å²) in [7, 11) is 1.75. The molecule has 0 aromatic heterocycles. The first kappa shape index (κ1) is 22.7. The number of ether oxygens (including phenoxy) is 1. The van der Waals surface area contributed by atoms with E-state index >= 15 is 0 Å². The van der Waals surface area contributed by atoms with Crippen molar-refractivity contribution < 1.29 is 9.84 Å². The number of hydrogen-bond donors (Lipinski definition) is 1. The Bertz CT molecular complexity index is 910. The third-order valence-electron chi connectivity index (χ3n) is 6.57. The molecule has 5 heteroatoms. The highest BCUT2D eigenvalue weighted by atomic mass is 16.5. The fraction of sp³-hybridized carbons (Fsp3) is 0.481. The van der Waals surface area contributed by atoms with Crippen molar-refractivity contribution in [2.24, 2.45) is 0 Å². The van der Waals surface area contributed by atoms with E-state index in [0.717, 1.165) is 50.6 Å². The molecule has 5 nitrogen and oxygen atoms in total. The summed E-state index contributed by atoms with van der Waals surface area (Å²) in [6, 6.07) is 17.6. The Morgan fingerprint density at radius 3 is 2.53 bits per heavy atom. The van der Waals surface area contributed by atoms with Gasteiger partial charge in [0.25, 0.3) is 0 Å². The number of benzene rings is 2. The number of aliphatic hydroxyl groups excluding tert-OH is 1. The summed E-state index contributed by atoms with van der Waals surface area (Å²) in [5.74, 6) is 7.06. The Labute approximate surface area is 192 Å². The first-order valence-electron chi connectivity index (χ1n) is 11.8. The van der Waals surface area contributed by atoms with Crippen LogP contribution in [0.15, 0.2) is 48.5 Å². The molecule has 2 saturated heterocycles. The van der Waals surface area contributed by atoms with Crippen LogP contribution in [0.4, 0.5) is 5.69 Å². The fourth-order valence-electron chi connectivity index (χ4n) is 4.86. The molecule has 2 fully saturated rings. The van der Waals surface area contributed by atoms with Gasteiger partial charge in [0.15, 0.2) is 0 Å². The molecule has 1 unspecified atom stereocenters. The summed E-state index contributed by atoms with van der Waals surface area (Å²) >= 11 is 0. The van der Waals surface area contributed by atoms with Crippen molar-refractivity contribution in [2.45, 2.75) is 31.8 Å². The zero-order valence-electron chi connectivity index (χ0n) is 19.2. The number of rotatable bonds is 6. The van der Waals surface area contributed by atoms with Gasteiger partial charge in [0, 0.05) is 57.3 Å². The van der Waals surface area contributed by atoms with Crippen LogP contribution in [0.1, 0.15) is 30.4 Å². The van der Waals surface area contributed by atoms with Crippen molar-refractivity contribution in [1.82, 2.24) is 9.80 Å². The molecule has 170 valence electrons. The van der Waals surface area contributed by atoms with Crippen molar-refractivity contribution >= 4 is 5.69 Å². The van der Waals surface area contributed by atoms with Gasteiger partial charge in [0.05, 0.1) is 19.4 Å². The monoisotopic (exact) mass is 433 g/mol. The second-order valence-corrected chi connectivity index (χ2v) is 8.70. The third kappa shape index (κ3) is 5.83. The van der Waals surface area contributed by atoms with Crippen molar-refractivity contribution in [3.63, 3.8) is 0 Å². The van der Waals surface area contributed by atoms with Crippen LogP contribution in [0.3, 0.4) is 0 Å². The number of anilines is 1. The summed E-state index contributed by atoms with van der Waals surface area (Å²) in [6.45, 7) is 7.77. The molecule has 0 radical (unpaired) electrons. The van der Waals surface area contributed by atoms with Crippen LogP contribution in [-0.2, 0) is 6.54 Å². The summed E-state index contributed by atoms with van der Waals surface area (Å²) in [5, 5.41) is 8.85. The van der Waals surface area contributed by atoms with Crippen LogP contribution in [-0.4, -0.2) is 73.9 Å². The maximum atomic E-state index is 8.85. The quantitative estimate of drug-likeness (QED) is 0.709. The number of nitrogens with zero attached hydrogens (tertiary/aromatic N) is 3.